The van der Waals surface area contributed by atoms with Crippen molar-refractivity contribution in [2.45, 2.75) is 65.6 Å². The number of hydrogen-bond acceptors (Lipinski definition) is 4. The van der Waals surface area contributed by atoms with Crippen LogP contribution in [-0.4, -0.2) is 67.2 Å². The number of aryl methyl sites for hydroxylation is 1. The maximum absolute atomic E-state index is 12.7. The van der Waals surface area contributed by atoms with Gasteiger partial charge in [-0.1, -0.05) is 25.4 Å². The molecule has 1 amide bonds. The summed E-state index contributed by atoms with van der Waals surface area (Å²) in [7, 11) is 0. The third-order valence-corrected chi connectivity index (χ3v) is 6.65. The molecular formula is C24H37ClN2O3. The second kappa shape index (κ2) is 10.3. The summed E-state index contributed by atoms with van der Waals surface area (Å²) in [5.41, 5.74) is 2.02. The average Bonchev–Trinajstić information content (AvgIpc) is 2.68. The molecule has 0 saturated carbocycles. The smallest absolute Gasteiger partial charge is 0.260 e. The number of piperidine rings is 1. The highest BCUT2D eigenvalue weighted by molar-refractivity contribution is 6.31. The number of carbonyl (C=O) groups is 1. The van der Waals surface area contributed by atoms with Gasteiger partial charge < -0.3 is 14.4 Å². The molecule has 168 valence electrons. The summed E-state index contributed by atoms with van der Waals surface area (Å²) in [6.07, 6.45) is 2.73. The maximum Gasteiger partial charge on any atom is 0.260 e. The molecule has 2 fully saturated rings. The van der Waals surface area contributed by atoms with E-state index in [1.54, 1.807) is 0 Å². The highest BCUT2D eigenvalue weighted by atomic mass is 35.5. The van der Waals surface area contributed by atoms with Crippen molar-refractivity contribution in [2.75, 3.05) is 39.3 Å². The van der Waals surface area contributed by atoms with Crippen molar-refractivity contribution in [3.63, 3.8) is 0 Å². The van der Waals surface area contributed by atoms with Crippen LogP contribution in [0, 0.1) is 12.8 Å². The SMILES string of the molecule is Cc1cc(OCC(=O)N2CCC(CN3CC(C)OC(C)C3)CC2)c(C(C)C)cc1Cl. The van der Waals surface area contributed by atoms with Crippen molar-refractivity contribution >= 4 is 17.5 Å². The number of ether oxygens (including phenoxy) is 2. The summed E-state index contributed by atoms with van der Waals surface area (Å²) < 4.78 is 11.8. The van der Waals surface area contributed by atoms with Gasteiger partial charge in [-0.3, -0.25) is 9.69 Å². The number of carbonyl (C=O) groups excluding carboxylic acids is 1. The monoisotopic (exact) mass is 436 g/mol. The Balaban J connectivity index is 1.47. The molecule has 2 unspecified atom stereocenters. The van der Waals surface area contributed by atoms with Crippen LogP contribution in [0.5, 0.6) is 5.75 Å². The summed E-state index contributed by atoms with van der Waals surface area (Å²) >= 11 is 6.27. The van der Waals surface area contributed by atoms with Crippen LogP contribution >= 0.6 is 11.6 Å². The number of amides is 1. The molecule has 0 radical (unpaired) electrons. The van der Waals surface area contributed by atoms with E-state index in [1.807, 2.05) is 24.0 Å². The first-order valence-electron chi connectivity index (χ1n) is 11.3. The molecule has 3 rings (SSSR count). The Morgan fingerprint density at radius 2 is 1.83 bits per heavy atom. The van der Waals surface area contributed by atoms with E-state index in [1.165, 1.54) is 0 Å². The van der Waals surface area contributed by atoms with Crippen LogP contribution in [0.1, 0.15) is 57.6 Å². The van der Waals surface area contributed by atoms with Crippen molar-refractivity contribution < 1.29 is 14.3 Å². The van der Waals surface area contributed by atoms with Gasteiger partial charge in [0, 0.05) is 37.7 Å². The lowest BCUT2D eigenvalue weighted by molar-refractivity contribution is -0.135. The van der Waals surface area contributed by atoms with Gasteiger partial charge in [0.15, 0.2) is 6.61 Å². The van der Waals surface area contributed by atoms with E-state index in [2.05, 4.69) is 32.6 Å². The minimum absolute atomic E-state index is 0.0735. The van der Waals surface area contributed by atoms with Crippen molar-refractivity contribution in [3.8, 4) is 5.75 Å². The van der Waals surface area contributed by atoms with E-state index >= 15 is 0 Å². The fourth-order valence-electron chi connectivity index (χ4n) is 4.64. The van der Waals surface area contributed by atoms with Crippen LogP contribution in [0.25, 0.3) is 0 Å². The molecule has 0 N–H and O–H groups in total. The number of likely N-dealkylation sites (tertiary alicyclic amines) is 1. The first-order valence-corrected chi connectivity index (χ1v) is 11.7. The van der Waals surface area contributed by atoms with Crippen LogP contribution in [-0.2, 0) is 9.53 Å². The molecule has 2 aliphatic rings. The van der Waals surface area contributed by atoms with Crippen molar-refractivity contribution in [1.29, 1.82) is 0 Å². The molecule has 1 aromatic carbocycles. The lowest BCUT2D eigenvalue weighted by Crippen LogP contribution is -2.49. The number of rotatable bonds is 6. The summed E-state index contributed by atoms with van der Waals surface area (Å²) in [6.45, 7) is 15.3. The molecule has 0 bridgehead atoms. The summed E-state index contributed by atoms with van der Waals surface area (Å²) in [5.74, 6) is 1.78. The quantitative estimate of drug-likeness (QED) is 0.658. The first-order chi connectivity index (χ1) is 14.2. The van der Waals surface area contributed by atoms with Gasteiger partial charge in [-0.25, -0.2) is 0 Å². The van der Waals surface area contributed by atoms with Crippen LogP contribution in [0.15, 0.2) is 12.1 Å². The van der Waals surface area contributed by atoms with E-state index in [0.717, 1.165) is 67.5 Å². The third-order valence-electron chi connectivity index (χ3n) is 6.24. The fraction of sp³-hybridized carbons (Fsp3) is 0.708. The largest absolute Gasteiger partial charge is 0.483 e. The second-order valence-electron chi connectivity index (χ2n) is 9.38. The number of morpholine rings is 1. The Bertz CT molecular complexity index is 721. The van der Waals surface area contributed by atoms with Gasteiger partial charge in [-0.15, -0.1) is 0 Å². The topological polar surface area (TPSA) is 42.0 Å². The number of benzene rings is 1. The minimum Gasteiger partial charge on any atom is -0.483 e. The van der Waals surface area contributed by atoms with Crippen molar-refractivity contribution in [1.82, 2.24) is 9.80 Å². The van der Waals surface area contributed by atoms with Crippen LogP contribution in [0.3, 0.4) is 0 Å². The normalized spacial score (nSPS) is 23.8. The molecule has 2 atom stereocenters. The Kier molecular flexibility index (Phi) is 8.05. The fourth-order valence-corrected chi connectivity index (χ4v) is 4.81. The molecule has 0 aliphatic carbocycles. The standard InChI is InChI=1S/C24H37ClN2O3/c1-16(2)21-11-22(25)17(3)10-23(21)29-15-24(28)27-8-6-20(7-9-27)14-26-12-18(4)30-19(5)13-26/h10-11,16,18-20H,6-9,12-15H2,1-5H3. The van der Waals surface area contributed by atoms with Crippen molar-refractivity contribution in [2.24, 2.45) is 5.92 Å². The van der Waals surface area contributed by atoms with E-state index < -0.39 is 0 Å². The predicted molar refractivity (Wildman–Crippen MR) is 122 cm³/mol. The van der Waals surface area contributed by atoms with Gasteiger partial charge in [0.2, 0.25) is 0 Å². The number of hydrogen-bond donors (Lipinski definition) is 0. The molecule has 0 aromatic heterocycles. The Hall–Kier alpha value is -1.30. The zero-order valence-corrected chi connectivity index (χ0v) is 19.9. The Morgan fingerprint density at radius 1 is 1.20 bits per heavy atom. The lowest BCUT2D eigenvalue weighted by atomic mass is 9.95. The highest BCUT2D eigenvalue weighted by Crippen LogP contribution is 2.32. The molecule has 1 aromatic rings. The summed E-state index contributed by atoms with van der Waals surface area (Å²) in [6, 6.07) is 3.90. The number of halogens is 1. The average molecular weight is 437 g/mol. The van der Waals surface area contributed by atoms with E-state index in [0.29, 0.717) is 18.1 Å². The molecular weight excluding hydrogens is 400 g/mol. The van der Waals surface area contributed by atoms with Gasteiger partial charge in [-0.05, 0) is 68.7 Å². The van der Waals surface area contributed by atoms with Crippen LogP contribution in [0.4, 0.5) is 0 Å². The first kappa shape index (κ1) is 23.4. The number of nitrogens with zero attached hydrogens (tertiary/aromatic N) is 2. The lowest BCUT2D eigenvalue weighted by Gasteiger charge is -2.39. The van der Waals surface area contributed by atoms with E-state index in [9.17, 15) is 4.79 Å². The zero-order valence-electron chi connectivity index (χ0n) is 19.1. The second-order valence-corrected chi connectivity index (χ2v) is 9.79. The summed E-state index contributed by atoms with van der Waals surface area (Å²) in [4.78, 5) is 17.2. The summed E-state index contributed by atoms with van der Waals surface area (Å²) in [5, 5.41) is 0.739. The van der Waals surface area contributed by atoms with Gasteiger partial charge in [0.25, 0.3) is 5.91 Å². The van der Waals surface area contributed by atoms with Crippen LogP contribution in [0.2, 0.25) is 5.02 Å². The maximum atomic E-state index is 12.7. The van der Waals surface area contributed by atoms with Crippen LogP contribution < -0.4 is 4.74 Å². The Morgan fingerprint density at radius 3 is 2.43 bits per heavy atom. The molecule has 2 heterocycles. The van der Waals surface area contributed by atoms with Gasteiger partial charge >= 0.3 is 0 Å². The minimum atomic E-state index is 0.0735. The predicted octanol–water partition coefficient (Wildman–Crippen LogP) is 4.50. The van der Waals surface area contributed by atoms with E-state index in [-0.39, 0.29) is 18.4 Å². The molecule has 0 spiro atoms. The third kappa shape index (κ3) is 6.12. The zero-order chi connectivity index (χ0) is 21.8. The Labute approximate surface area is 186 Å². The molecule has 5 nitrogen and oxygen atoms in total. The van der Waals surface area contributed by atoms with Gasteiger partial charge in [0.1, 0.15) is 5.75 Å². The van der Waals surface area contributed by atoms with E-state index in [4.69, 9.17) is 21.1 Å². The molecule has 2 saturated heterocycles. The van der Waals surface area contributed by atoms with Gasteiger partial charge in [-0.2, -0.15) is 0 Å². The highest BCUT2D eigenvalue weighted by Gasteiger charge is 2.28. The van der Waals surface area contributed by atoms with Crippen molar-refractivity contribution in [3.05, 3.63) is 28.3 Å². The molecule has 30 heavy (non-hydrogen) atoms. The molecule has 6 heteroatoms. The molecule has 2 aliphatic heterocycles. The van der Waals surface area contributed by atoms with Gasteiger partial charge in [0.05, 0.1) is 12.2 Å².